The number of carbonyl (C=O) groups excluding carboxylic acids is 1. The van der Waals surface area contributed by atoms with Gasteiger partial charge < -0.3 is 4.90 Å². The molecule has 1 aromatic heterocycles. The number of aromatic nitrogens is 2. The number of thioether (sulfide) groups is 1. The van der Waals surface area contributed by atoms with Crippen molar-refractivity contribution >= 4 is 34.3 Å². The Morgan fingerprint density at radius 1 is 1.14 bits per heavy atom. The van der Waals surface area contributed by atoms with Crippen LogP contribution in [0.1, 0.15) is 25.2 Å². The van der Waals surface area contributed by atoms with E-state index >= 15 is 0 Å². The summed E-state index contributed by atoms with van der Waals surface area (Å²) in [7, 11) is 0. The number of halogens is 3. The molecule has 0 unspecified atom stereocenters. The molecule has 1 aliphatic heterocycles. The number of amides is 1. The molecule has 2 aromatic carbocycles. The van der Waals surface area contributed by atoms with Crippen LogP contribution in [0.5, 0.6) is 0 Å². The molecule has 0 saturated carbocycles. The number of carbonyl (C=O) groups is 1. The van der Waals surface area contributed by atoms with Crippen molar-refractivity contribution in [2.24, 2.45) is 0 Å². The quantitative estimate of drug-likeness (QED) is 0.439. The van der Waals surface area contributed by atoms with Gasteiger partial charge in [-0.05, 0) is 38.0 Å². The summed E-state index contributed by atoms with van der Waals surface area (Å²) >= 11 is 1.03. The largest absolute Gasteiger partial charge is 0.451 e. The van der Waals surface area contributed by atoms with Crippen molar-refractivity contribution in [3.63, 3.8) is 0 Å². The summed E-state index contributed by atoms with van der Waals surface area (Å²) in [6, 6.07) is 14.2. The Morgan fingerprint density at radius 3 is 2.59 bits per heavy atom. The third-order valence-electron chi connectivity index (χ3n) is 4.90. The Balaban J connectivity index is 1.67. The lowest BCUT2D eigenvalue weighted by Gasteiger charge is -2.26. The first-order valence-corrected chi connectivity index (χ1v) is 10.1. The minimum atomic E-state index is -4.66. The molecule has 1 amide bonds. The van der Waals surface area contributed by atoms with Gasteiger partial charge in [0.1, 0.15) is 5.03 Å². The van der Waals surface area contributed by atoms with Crippen LogP contribution in [0, 0.1) is 0 Å². The third kappa shape index (κ3) is 3.69. The second-order valence-electron chi connectivity index (χ2n) is 7.02. The molecule has 0 spiro atoms. The highest BCUT2D eigenvalue weighted by Crippen LogP contribution is 2.37. The van der Waals surface area contributed by atoms with Crippen molar-refractivity contribution in [3.8, 4) is 0 Å². The standard InChI is InChI=1S/C21H18F3N3OS/c1-12-11-14-7-3-6-10-17(14)27(12)19(28)13(2)29-18-15-8-4-5-9-16(15)25-20(26-18)21(22,23)24/h3-10,12-13H,11H2,1-2H3/t12-,13-/m1/s1. The van der Waals surface area contributed by atoms with Gasteiger partial charge in [-0.15, -0.1) is 0 Å². The molecule has 0 radical (unpaired) electrons. The normalized spacial score (nSPS) is 17.4. The monoisotopic (exact) mass is 417 g/mol. The maximum atomic E-state index is 13.2. The lowest BCUT2D eigenvalue weighted by atomic mass is 10.1. The van der Waals surface area contributed by atoms with E-state index in [1.165, 1.54) is 6.07 Å². The van der Waals surface area contributed by atoms with E-state index in [9.17, 15) is 18.0 Å². The van der Waals surface area contributed by atoms with Crippen LogP contribution in [0.3, 0.4) is 0 Å². The number of benzene rings is 2. The number of anilines is 1. The summed E-state index contributed by atoms with van der Waals surface area (Å²) in [6.07, 6.45) is -3.90. The fraction of sp³-hybridized carbons (Fsp3) is 0.286. The number of para-hydroxylation sites is 2. The summed E-state index contributed by atoms with van der Waals surface area (Å²) in [5.74, 6) is -1.35. The molecule has 0 saturated heterocycles. The Morgan fingerprint density at radius 2 is 1.83 bits per heavy atom. The van der Waals surface area contributed by atoms with Gasteiger partial charge in [0.05, 0.1) is 10.8 Å². The zero-order valence-electron chi connectivity index (χ0n) is 15.8. The maximum Gasteiger partial charge on any atom is 0.451 e. The summed E-state index contributed by atoms with van der Waals surface area (Å²) in [5, 5.41) is 0.0481. The van der Waals surface area contributed by atoms with Crippen molar-refractivity contribution in [1.29, 1.82) is 0 Å². The van der Waals surface area contributed by atoms with Gasteiger partial charge >= 0.3 is 6.18 Å². The second-order valence-corrected chi connectivity index (χ2v) is 8.35. The number of fused-ring (bicyclic) bond motifs is 2. The summed E-state index contributed by atoms with van der Waals surface area (Å²) < 4.78 is 39.7. The van der Waals surface area contributed by atoms with Gasteiger partial charge in [-0.3, -0.25) is 4.79 Å². The molecule has 8 heteroatoms. The molecule has 150 valence electrons. The summed E-state index contributed by atoms with van der Waals surface area (Å²) in [5.41, 5.74) is 2.16. The van der Waals surface area contributed by atoms with Crippen molar-refractivity contribution in [3.05, 3.63) is 59.9 Å². The molecule has 1 aliphatic rings. The Hall–Kier alpha value is -2.61. The van der Waals surface area contributed by atoms with Crippen LogP contribution >= 0.6 is 11.8 Å². The van der Waals surface area contributed by atoms with Gasteiger partial charge in [-0.2, -0.15) is 13.2 Å². The number of hydrogen-bond acceptors (Lipinski definition) is 4. The van der Waals surface area contributed by atoms with Crippen LogP contribution in [0.2, 0.25) is 0 Å². The van der Waals surface area contributed by atoms with Crippen LogP contribution in [-0.2, 0) is 17.4 Å². The van der Waals surface area contributed by atoms with Gasteiger partial charge in [0.25, 0.3) is 0 Å². The molecule has 0 N–H and O–H groups in total. The van der Waals surface area contributed by atoms with Gasteiger partial charge in [0, 0.05) is 17.1 Å². The molecule has 0 bridgehead atoms. The van der Waals surface area contributed by atoms with Crippen molar-refractivity contribution < 1.29 is 18.0 Å². The summed E-state index contributed by atoms with van der Waals surface area (Å²) in [4.78, 5) is 22.3. The molecule has 0 aliphatic carbocycles. The van der Waals surface area contributed by atoms with E-state index in [1.54, 1.807) is 30.0 Å². The number of rotatable bonds is 3. The lowest BCUT2D eigenvalue weighted by molar-refractivity contribution is -0.145. The maximum absolute atomic E-state index is 13.2. The molecule has 4 nitrogen and oxygen atoms in total. The van der Waals surface area contributed by atoms with Gasteiger partial charge in [0.2, 0.25) is 11.7 Å². The van der Waals surface area contributed by atoms with E-state index in [4.69, 9.17) is 0 Å². The van der Waals surface area contributed by atoms with E-state index in [-0.39, 0.29) is 22.5 Å². The highest BCUT2D eigenvalue weighted by atomic mass is 32.2. The number of hydrogen-bond donors (Lipinski definition) is 0. The predicted molar refractivity (Wildman–Crippen MR) is 107 cm³/mol. The van der Waals surface area contributed by atoms with E-state index in [2.05, 4.69) is 9.97 Å². The minimum absolute atomic E-state index is 0.00386. The van der Waals surface area contributed by atoms with Crippen LogP contribution in [0.15, 0.2) is 53.6 Å². The molecular formula is C21H18F3N3OS. The molecule has 29 heavy (non-hydrogen) atoms. The number of nitrogens with zero attached hydrogens (tertiary/aromatic N) is 3. The molecule has 2 heterocycles. The average Bonchev–Trinajstić information content (AvgIpc) is 3.02. The topological polar surface area (TPSA) is 46.1 Å². The fourth-order valence-corrected chi connectivity index (χ4v) is 4.57. The minimum Gasteiger partial charge on any atom is -0.308 e. The fourth-order valence-electron chi connectivity index (χ4n) is 3.58. The lowest BCUT2D eigenvalue weighted by Crippen LogP contribution is -2.40. The predicted octanol–water partition coefficient (Wildman–Crippen LogP) is 5.11. The molecule has 0 fully saturated rings. The van der Waals surface area contributed by atoms with Crippen molar-refractivity contribution in [1.82, 2.24) is 9.97 Å². The van der Waals surface area contributed by atoms with Crippen LogP contribution < -0.4 is 4.90 Å². The van der Waals surface area contributed by atoms with E-state index in [0.29, 0.717) is 5.39 Å². The van der Waals surface area contributed by atoms with Gasteiger partial charge in [-0.1, -0.05) is 48.2 Å². The van der Waals surface area contributed by atoms with Crippen molar-refractivity contribution in [2.45, 2.75) is 42.8 Å². The van der Waals surface area contributed by atoms with Crippen molar-refractivity contribution in [2.75, 3.05) is 4.90 Å². The zero-order valence-corrected chi connectivity index (χ0v) is 16.6. The third-order valence-corrected chi connectivity index (χ3v) is 5.99. The zero-order chi connectivity index (χ0) is 20.8. The van der Waals surface area contributed by atoms with E-state index in [0.717, 1.165) is 29.4 Å². The van der Waals surface area contributed by atoms with Crippen LogP contribution in [0.25, 0.3) is 10.9 Å². The first-order chi connectivity index (χ1) is 13.8. The van der Waals surface area contributed by atoms with E-state index < -0.39 is 17.3 Å². The molecule has 2 atom stereocenters. The average molecular weight is 417 g/mol. The first kappa shape index (κ1) is 19.7. The smallest absolute Gasteiger partial charge is 0.308 e. The SMILES string of the molecule is C[C@@H]1Cc2ccccc2N1C(=O)[C@@H](C)Sc1nc(C(F)(F)F)nc2ccccc12. The Kier molecular flexibility index (Phi) is 4.98. The van der Waals surface area contributed by atoms with Gasteiger partial charge in [0.15, 0.2) is 0 Å². The highest BCUT2D eigenvalue weighted by Gasteiger charge is 2.37. The van der Waals surface area contributed by atoms with Crippen LogP contribution in [-0.4, -0.2) is 27.2 Å². The Labute approximate surface area is 170 Å². The summed E-state index contributed by atoms with van der Waals surface area (Å²) in [6.45, 7) is 3.67. The number of alkyl halides is 3. The van der Waals surface area contributed by atoms with Gasteiger partial charge in [-0.25, -0.2) is 9.97 Å². The Bertz CT molecular complexity index is 1090. The van der Waals surface area contributed by atoms with E-state index in [1.807, 2.05) is 31.2 Å². The first-order valence-electron chi connectivity index (χ1n) is 9.17. The molecule has 4 rings (SSSR count). The van der Waals surface area contributed by atoms with Crippen LogP contribution in [0.4, 0.5) is 18.9 Å². The highest BCUT2D eigenvalue weighted by molar-refractivity contribution is 8.00. The molecule has 3 aromatic rings. The second kappa shape index (κ2) is 7.33. The molecular weight excluding hydrogens is 399 g/mol.